The van der Waals surface area contributed by atoms with Gasteiger partial charge in [0.15, 0.2) is 0 Å². The summed E-state index contributed by atoms with van der Waals surface area (Å²) in [5, 5.41) is 11.8. The number of benzene rings is 3. The monoisotopic (exact) mass is 559 g/mol. The number of hydrogen-bond acceptors (Lipinski definition) is 4. The number of halogens is 2. The normalized spacial score (nSPS) is 11.7. The molecule has 4 aromatic rings. The van der Waals surface area contributed by atoms with E-state index in [1.807, 2.05) is 42.5 Å². The van der Waals surface area contributed by atoms with Crippen LogP contribution in [-0.4, -0.2) is 30.3 Å². The number of ether oxygens (including phenoxy) is 2. The molecule has 1 heterocycles. The number of nitrogens with zero attached hydrogens (tertiary/aromatic N) is 1. The van der Waals surface area contributed by atoms with E-state index < -0.39 is 14.0 Å². The van der Waals surface area contributed by atoms with Crippen molar-refractivity contribution in [3.05, 3.63) is 82.5 Å². The smallest absolute Gasteiger partial charge is 0.352 e. The van der Waals surface area contributed by atoms with Crippen LogP contribution in [0.5, 0.6) is 11.5 Å². The molecule has 0 unspecified atom stereocenters. The zero-order valence-electron chi connectivity index (χ0n) is 20.3. The van der Waals surface area contributed by atoms with Gasteiger partial charge in [0, 0.05) is 39.9 Å². The highest BCUT2D eigenvalue weighted by atomic mass is 35.5. The van der Waals surface area contributed by atoms with Crippen LogP contribution < -0.4 is 4.74 Å². The standard InChI is InChI=1S/C27H27Cl2NO4SSi/c1-36(2,3)13-12-33-17-30-24-14-19(29)15-26(23(24)16-25(30)27(31)32)35-22-10-8-21(9-11-22)34-20-6-4-18(28)5-7-20/h4-11,14-16H,12-13,17H2,1-3H3,(H,31,32). The van der Waals surface area contributed by atoms with Crippen LogP contribution in [0, 0.1) is 0 Å². The average Bonchev–Trinajstić information content (AvgIpc) is 3.18. The molecule has 0 aliphatic rings. The fourth-order valence-electron chi connectivity index (χ4n) is 3.57. The van der Waals surface area contributed by atoms with Crippen LogP contribution in [0.15, 0.2) is 76.5 Å². The van der Waals surface area contributed by atoms with Gasteiger partial charge in [0.2, 0.25) is 0 Å². The third-order valence-electron chi connectivity index (χ3n) is 5.48. The summed E-state index contributed by atoms with van der Waals surface area (Å²) >= 11 is 13.9. The van der Waals surface area contributed by atoms with Gasteiger partial charge in [-0.15, -0.1) is 0 Å². The number of aromatic carboxylic acids is 1. The summed E-state index contributed by atoms with van der Waals surface area (Å²) in [4.78, 5) is 13.9. The van der Waals surface area contributed by atoms with Crippen molar-refractivity contribution in [1.29, 1.82) is 0 Å². The minimum Gasteiger partial charge on any atom is -0.477 e. The Morgan fingerprint density at radius 1 is 0.944 bits per heavy atom. The Hall–Kier alpha value is -2.42. The van der Waals surface area contributed by atoms with Gasteiger partial charge in [0.05, 0.1) is 5.52 Å². The topological polar surface area (TPSA) is 60.7 Å². The lowest BCUT2D eigenvalue weighted by Crippen LogP contribution is -2.22. The molecule has 0 fully saturated rings. The first-order valence-electron chi connectivity index (χ1n) is 11.4. The van der Waals surface area contributed by atoms with Crippen LogP contribution in [0.4, 0.5) is 0 Å². The molecule has 1 N–H and O–H groups in total. The number of fused-ring (bicyclic) bond motifs is 1. The summed E-state index contributed by atoms with van der Waals surface area (Å²) in [5.41, 5.74) is 0.909. The van der Waals surface area contributed by atoms with E-state index in [0.717, 1.165) is 26.7 Å². The fourth-order valence-corrected chi connectivity index (χ4v) is 5.71. The minimum atomic E-state index is -1.25. The molecule has 188 valence electrons. The van der Waals surface area contributed by atoms with Crippen LogP contribution >= 0.6 is 35.0 Å². The molecule has 0 aliphatic heterocycles. The number of carboxylic acid groups (broad SMARTS) is 1. The number of aromatic nitrogens is 1. The maximum atomic E-state index is 12.0. The number of hydrogen-bond donors (Lipinski definition) is 1. The summed E-state index contributed by atoms with van der Waals surface area (Å²) < 4.78 is 13.4. The molecule has 9 heteroatoms. The summed E-state index contributed by atoms with van der Waals surface area (Å²) in [6, 6.07) is 21.2. The van der Waals surface area contributed by atoms with E-state index in [9.17, 15) is 9.90 Å². The quantitative estimate of drug-likeness (QED) is 0.155. The average molecular weight is 561 g/mol. The van der Waals surface area contributed by atoms with Gasteiger partial charge in [-0.1, -0.05) is 54.6 Å². The lowest BCUT2D eigenvalue weighted by atomic mass is 10.2. The summed E-state index contributed by atoms with van der Waals surface area (Å²) in [5.74, 6) is 0.398. The van der Waals surface area contributed by atoms with Crippen molar-refractivity contribution in [2.75, 3.05) is 6.61 Å². The van der Waals surface area contributed by atoms with Crippen LogP contribution in [0.2, 0.25) is 35.7 Å². The Kier molecular flexibility index (Phi) is 8.37. The van der Waals surface area contributed by atoms with Crippen LogP contribution in [0.3, 0.4) is 0 Å². The highest BCUT2D eigenvalue weighted by Gasteiger charge is 2.19. The maximum Gasteiger partial charge on any atom is 0.352 e. The van der Waals surface area contributed by atoms with Crippen LogP contribution in [0.1, 0.15) is 10.5 Å². The van der Waals surface area contributed by atoms with Gasteiger partial charge in [-0.3, -0.25) is 0 Å². The van der Waals surface area contributed by atoms with Gasteiger partial charge in [0.1, 0.15) is 23.9 Å². The van der Waals surface area contributed by atoms with Gasteiger partial charge in [-0.2, -0.15) is 0 Å². The van der Waals surface area contributed by atoms with E-state index in [2.05, 4.69) is 19.6 Å². The predicted molar refractivity (Wildman–Crippen MR) is 150 cm³/mol. The van der Waals surface area contributed by atoms with E-state index in [0.29, 0.717) is 28.2 Å². The van der Waals surface area contributed by atoms with Gasteiger partial charge in [0.25, 0.3) is 0 Å². The number of rotatable bonds is 10. The van der Waals surface area contributed by atoms with Gasteiger partial charge in [-0.05, 0) is 72.8 Å². The highest BCUT2D eigenvalue weighted by molar-refractivity contribution is 7.99. The summed E-state index contributed by atoms with van der Waals surface area (Å²) in [6.07, 6.45) is 0. The lowest BCUT2D eigenvalue weighted by Gasteiger charge is -2.16. The highest BCUT2D eigenvalue weighted by Crippen LogP contribution is 2.38. The second-order valence-electron chi connectivity index (χ2n) is 9.58. The second kappa shape index (κ2) is 11.3. The Balaban J connectivity index is 1.56. The molecule has 4 rings (SSSR count). The molecule has 3 aromatic carbocycles. The Morgan fingerprint density at radius 2 is 1.58 bits per heavy atom. The van der Waals surface area contributed by atoms with Gasteiger partial charge < -0.3 is 19.1 Å². The molecule has 0 spiro atoms. The van der Waals surface area contributed by atoms with Crippen molar-refractivity contribution in [1.82, 2.24) is 4.57 Å². The second-order valence-corrected chi connectivity index (χ2v) is 17.2. The first kappa shape index (κ1) is 26.6. The third-order valence-corrected chi connectivity index (χ3v) is 8.72. The molecular formula is C27H27Cl2NO4SSi. The Morgan fingerprint density at radius 3 is 2.19 bits per heavy atom. The van der Waals surface area contributed by atoms with Crippen molar-refractivity contribution < 1.29 is 19.4 Å². The van der Waals surface area contributed by atoms with Gasteiger partial charge in [-0.25, -0.2) is 4.79 Å². The summed E-state index contributed by atoms with van der Waals surface area (Å²) in [6.45, 7) is 7.61. The van der Waals surface area contributed by atoms with Crippen molar-refractivity contribution in [2.45, 2.75) is 42.2 Å². The molecule has 0 atom stereocenters. The van der Waals surface area contributed by atoms with Crippen molar-refractivity contribution in [3.63, 3.8) is 0 Å². The lowest BCUT2D eigenvalue weighted by molar-refractivity contribution is 0.0630. The Bertz CT molecular complexity index is 1370. The van der Waals surface area contributed by atoms with E-state index in [1.54, 1.807) is 28.8 Å². The third kappa shape index (κ3) is 6.87. The minimum absolute atomic E-state index is 0.163. The molecule has 0 saturated heterocycles. The van der Waals surface area contributed by atoms with Crippen LogP contribution in [-0.2, 0) is 11.5 Å². The molecular weight excluding hydrogens is 533 g/mol. The zero-order valence-corrected chi connectivity index (χ0v) is 23.6. The number of carbonyl (C=O) groups is 1. The van der Waals surface area contributed by atoms with Crippen LogP contribution in [0.25, 0.3) is 10.9 Å². The molecule has 1 aromatic heterocycles. The van der Waals surface area contributed by atoms with Gasteiger partial charge >= 0.3 is 5.97 Å². The SMILES string of the molecule is C[Si](C)(C)CCOCn1c(C(=O)O)cc2c(Sc3ccc(Oc4ccc(Cl)cc4)cc3)cc(Cl)cc21. The Labute approximate surface area is 225 Å². The largest absolute Gasteiger partial charge is 0.477 e. The van der Waals surface area contributed by atoms with E-state index in [1.165, 1.54) is 11.8 Å². The van der Waals surface area contributed by atoms with Crippen molar-refractivity contribution >= 4 is 59.9 Å². The number of carboxylic acids is 1. The molecule has 0 aliphatic carbocycles. The molecule has 0 amide bonds. The van der Waals surface area contributed by atoms with E-state index in [-0.39, 0.29) is 12.4 Å². The van der Waals surface area contributed by atoms with E-state index in [4.69, 9.17) is 32.7 Å². The molecule has 5 nitrogen and oxygen atoms in total. The molecule has 0 radical (unpaired) electrons. The first-order valence-corrected chi connectivity index (χ1v) is 16.7. The zero-order chi connectivity index (χ0) is 25.9. The first-order chi connectivity index (χ1) is 17.1. The van der Waals surface area contributed by atoms with Crippen molar-refractivity contribution in [2.24, 2.45) is 0 Å². The summed E-state index contributed by atoms with van der Waals surface area (Å²) in [7, 11) is -1.25. The molecule has 0 bridgehead atoms. The predicted octanol–water partition coefficient (Wildman–Crippen LogP) is 8.90. The molecule has 36 heavy (non-hydrogen) atoms. The maximum absolute atomic E-state index is 12.0. The van der Waals surface area contributed by atoms with Crippen molar-refractivity contribution in [3.8, 4) is 11.5 Å². The fraction of sp³-hybridized carbons (Fsp3) is 0.222. The molecule has 0 saturated carbocycles. The van der Waals surface area contributed by atoms with E-state index >= 15 is 0 Å².